The predicted molar refractivity (Wildman–Crippen MR) is 57.4 cm³/mol. The van der Waals surface area contributed by atoms with Gasteiger partial charge in [0.05, 0.1) is 13.2 Å². The molecule has 0 amide bonds. The van der Waals surface area contributed by atoms with Crippen LogP contribution in [0.1, 0.15) is 5.56 Å². The van der Waals surface area contributed by atoms with Gasteiger partial charge in [0.1, 0.15) is 11.5 Å². The van der Waals surface area contributed by atoms with E-state index in [2.05, 4.69) is 31.2 Å². The van der Waals surface area contributed by atoms with Gasteiger partial charge in [-0.1, -0.05) is 12.1 Å². The van der Waals surface area contributed by atoms with Gasteiger partial charge < -0.3 is 4.74 Å². The fraction of sp³-hybridized carbons (Fsp3) is 0.455. The minimum absolute atomic E-state index is 0.457. The molecule has 1 nitrogen and oxygen atoms in total. The summed E-state index contributed by atoms with van der Waals surface area (Å²) in [6.45, 7) is 4.04. The number of hydrogen-bond donors (Lipinski definition) is 0. The Morgan fingerprint density at radius 1 is 1.23 bits per heavy atom. The second kappa shape index (κ2) is 4.16. The van der Waals surface area contributed by atoms with E-state index in [0.717, 1.165) is 13.2 Å². The summed E-state index contributed by atoms with van der Waals surface area (Å²) < 4.78 is 5.36. The van der Waals surface area contributed by atoms with E-state index < -0.39 is 0 Å². The van der Waals surface area contributed by atoms with Gasteiger partial charge in [0.2, 0.25) is 0 Å². The van der Waals surface area contributed by atoms with Gasteiger partial charge in [0, 0.05) is 10.9 Å². The monoisotopic (exact) mass is 195 g/mol. The van der Waals surface area contributed by atoms with Crippen LogP contribution >= 0.6 is 0 Å². The Balaban J connectivity index is 2.14. The zero-order chi connectivity index (χ0) is 9.10. The van der Waals surface area contributed by atoms with Gasteiger partial charge in [-0.2, -0.15) is 0 Å². The normalized spacial score (nSPS) is 18.8. The second-order valence-electron chi connectivity index (χ2n) is 3.33. The summed E-state index contributed by atoms with van der Waals surface area (Å²) in [5, 5.41) is 0. The fourth-order valence-corrected chi connectivity index (χ4v) is 3.49. The average Bonchev–Trinajstić information content (AvgIpc) is 2.19. The third-order valence-corrected chi connectivity index (χ3v) is 4.51. The predicted octanol–water partition coefficient (Wildman–Crippen LogP) is 2.00. The number of benzene rings is 1. The van der Waals surface area contributed by atoms with Crippen molar-refractivity contribution in [3.05, 3.63) is 29.8 Å². The summed E-state index contributed by atoms with van der Waals surface area (Å²) >= 11 is 0. The molecule has 1 fully saturated rings. The molecule has 1 aliphatic rings. The molecule has 0 saturated carbocycles. The van der Waals surface area contributed by atoms with Crippen molar-refractivity contribution in [2.75, 3.05) is 24.7 Å². The van der Waals surface area contributed by atoms with Crippen LogP contribution in [0.5, 0.6) is 0 Å². The van der Waals surface area contributed by atoms with E-state index >= 15 is 0 Å². The van der Waals surface area contributed by atoms with Crippen LogP contribution in [0.4, 0.5) is 0 Å². The first-order chi connectivity index (χ1) is 6.36. The summed E-state index contributed by atoms with van der Waals surface area (Å²) in [6, 6.07) is 8.89. The van der Waals surface area contributed by atoms with Crippen LogP contribution in [0.3, 0.4) is 0 Å². The van der Waals surface area contributed by atoms with Crippen molar-refractivity contribution >= 4 is 10.9 Å². The van der Waals surface area contributed by atoms with E-state index in [4.69, 9.17) is 4.74 Å². The highest BCUT2D eigenvalue weighted by atomic mass is 32.2. The van der Waals surface area contributed by atoms with Crippen molar-refractivity contribution in [3.8, 4) is 0 Å². The second-order valence-corrected chi connectivity index (χ2v) is 5.60. The Morgan fingerprint density at radius 2 is 2.00 bits per heavy atom. The lowest BCUT2D eigenvalue weighted by molar-refractivity contribution is 0.159. The van der Waals surface area contributed by atoms with Gasteiger partial charge in [0.25, 0.3) is 0 Å². The summed E-state index contributed by atoms with van der Waals surface area (Å²) in [5.74, 6) is 2.42. The number of rotatable bonds is 1. The van der Waals surface area contributed by atoms with E-state index in [9.17, 15) is 0 Å². The van der Waals surface area contributed by atoms with Crippen molar-refractivity contribution in [3.63, 3.8) is 0 Å². The summed E-state index contributed by atoms with van der Waals surface area (Å²) in [4.78, 5) is 1.52. The number of hydrogen-bond acceptors (Lipinski definition) is 1. The molecule has 13 heavy (non-hydrogen) atoms. The standard InChI is InChI=1S/C11H15OS/c1-10-3-2-4-11(9-10)13-7-5-12-6-8-13/h2-4,9H,5-8H2,1H3/q+1. The topological polar surface area (TPSA) is 9.23 Å². The van der Waals surface area contributed by atoms with E-state index in [-0.39, 0.29) is 0 Å². The largest absolute Gasteiger partial charge is 0.372 e. The summed E-state index contributed by atoms with van der Waals surface area (Å²) in [5.41, 5.74) is 1.37. The smallest absolute Gasteiger partial charge is 0.155 e. The Kier molecular flexibility index (Phi) is 2.91. The van der Waals surface area contributed by atoms with Crippen molar-refractivity contribution in [2.45, 2.75) is 11.8 Å². The molecule has 1 saturated heterocycles. The summed E-state index contributed by atoms with van der Waals surface area (Å²) in [6.07, 6.45) is 0. The highest BCUT2D eigenvalue weighted by molar-refractivity contribution is 7.97. The van der Waals surface area contributed by atoms with Crippen LogP contribution in [-0.2, 0) is 15.6 Å². The SMILES string of the molecule is Cc1cccc([S+]2CCOCC2)c1. The van der Waals surface area contributed by atoms with Crippen LogP contribution in [0.2, 0.25) is 0 Å². The molecule has 1 aromatic carbocycles. The van der Waals surface area contributed by atoms with Crippen LogP contribution in [0.15, 0.2) is 29.2 Å². The van der Waals surface area contributed by atoms with Gasteiger partial charge in [-0.25, -0.2) is 0 Å². The van der Waals surface area contributed by atoms with Crippen LogP contribution in [0, 0.1) is 6.92 Å². The molecular weight excluding hydrogens is 180 g/mol. The molecule has 0 bridgehead atoms. The van der Waals surface area contributed by atoms with Crippen LogP contribution in [-0.4, -0.2) is 24.7 Å². The highest BCUT2D eigenvalue weighted by Gasteiger charge is 2.24. The molecule has 0 unspecified atom stereocenters. The van der Waals surface area contributed by atoms with Crippen LogP contribution in [0.25, 0.3) is 0 Å². The molecule has 1 heterocycles. The van der Waals surface area contributed by atoms with Gasteiger partial charge in [-0.3, -0.25) is 0 Å². The minimum atomic E-state index is 0.457. The molecule has 0 radical (unpaired) electrons. The third kappa shape index (κ3) is 2.26. The molecule has 0 aromatic heterocycles. The molecule has 2 heteroatoms. The Labute approximate surface area is 82.5 Å². The Bertz CT molecular complexity index is 279. The zero-order valence-electron chi connectivity index (χ0n) is 7.95. The van der Waals surface area contributed by atoms with Crippen molar-refractivity contribution in [2.24, 2.45) is 0 Å². The lowest BCUT2D eigenvalue weighted by Crippen LogP contribution is -2.26. The minimum Gasteiger partial charge on any atom is -0.372 e. The maximum Gasteiger partial charge on any atom is 0.155 e. The quantitative estimate of drug-likeness (QED) is 0.623. The first-order valence-electron chi connectivity index (χ1n) is 4.68. The van der Waals surface area contributed by atoms with Crippen molar-refractivity contribution < 1.29 is 4.74 Å². The van der Waals surface area contributed by atoms with Crippen molar-refractivity contribution in [1.82, 2.24) is 0 Å². The maximum atomic E-state index is 5.36. The van der Waals surface area contributed by atoms with E-state index in [1.54, 1.807) is 0 Å². The van der Waals surface area contributed by atoms with E-state index in [0.29, 0.717) is 10.9 Å². The molecular formula is C11H15OS+. The third-order valence-electron chi connectivity index (χ3n) is 2.27. The first kappa shape index (κ1) is 9.10. The van der Waals surface area contributed by atoms with E-state index in [1.165, 1.54) is 22.0 Å². The number of ether oxygens (including phenoxy) is 1. The lowest BCUT2D eigenvalue weighted by Gasteiger charge is -2.14. The number of aryl methyl sites for hydroxylation is 1. The molecule has 0 spiro atoms. The van der Waals surface area contributed by atoms with E-state index in [1.807, 2.05) is 0 Å². The van der Waals surface area contributed by atoms with Gasteiger partial charge in [-0.15, -0.1) is 0 Å². The Morgan fingerprint density at radius 3 is 2.69 bits per heavy atom. The van der Waals surface area contributed by atoms with Gasteiger partial charge in [0.15, 0.2) is 4.90 Å². The van der Waals surface area contributed by atoms with Gasteiger partial charge >= 0.3 is 0 Å². The highest BCUT2D eigenvalue weighted by Crippen LogP contribution is 2.17. The maximum absolute atomic E-state index is 5.36. The first-order valence-corrected chi connectivity index (χ1v) is 6.24. The molecule has 1 aliphatic heterocycles. The average molecular weight is 195 g/mol. The summed E-state index contributed by atoms with van der Waals surface area (Å²) in [7, 11) is 0.457. The molecule has 70 valence electrons. The molecule has 0 aliphatic carbocycles. The molecule has 0 N–H and O–H groups in total. The zero-order valence-corrected chi connectivity index (χ0v) is 8.77. The lowest BCUT2D eigenvalue weighted by atomic mass is 10.2. The van der Waals surface area contributed by atoms with Crippen LogP contribution < -0.4 is 0 Å². The fourth-order valence-electron chi connectivity index (χ4n) is 1.55. The Hall–Kier alpha value is -0.470. The molecule has 2 rings (SSSR count). The molecule has 0 atom stereocenters. The van der Waals surface area contributed by atoms with Gasteiger partial charge in [-0.05, 0) is 24.6 Å². The van der Waals surface area contributed by atoms with Crippen molar-refractivity contribution in [1.29, 1.82) is 0 Å². The molecule has 1 aromatic rings.